The van der Waals surface area contributed by atoms with Gasteiger partial charge in [0.25, 0.3) is 0 Å². The number of hydrogen-bond acceptors (Lipinski definition) is 2. The molecule has 94 valence electrons. The summed E-state index contributed by atoms with van der Waals surface area (Å²) in [5.74, 6) is 0.543. The molecule has 0 amide bonds. The largest absolute Gasteiger partial charge is 0.330 e. The first kappa shape index (κ1) is 12.9. The molecule has 3 heteroatoms. The van der Waals surface area contributed by atoms with Crippen molar-refractivity contribution in [3.63, 3.8) is 0 Å². The van der Waals surface area contributed by atoms with Gasteiger partial charge in [0.15, 0.2) is 0 Å². The van der Waals surface area contributed by atoms with Crippen molar-refractivity contribution in [3.05, 3.63) is 34.9 Å². The molecule has 0 bridgehead atoms. The lowest BCUT2D eigenvalue weighted by Gasteiger charge is -2.32. The van der Waals surface area contributed by atoms with Crippen LogP contribution in [0.25, 0.3) is 0 Å². The summed E-state index contributed by atoms with van der Waals surface area (Å²) in [7, 11) is 2.19. The molecule has 2 N–H and O–H groups in total. The van der Waals surface area contributed by atoms with Crippen LogP contribution in [0.2, 0.25) is 5.02 Å². The highest BCUT2D eigenvalue weighted by Crippen LogP contribution is 2.34. The number of hydrogen-bond donors (Lipinski definition) is 1. The van der Waals surface area contributed by atoms with Gasteiger partial charge in [0, 0.05) is 11.1 Å². The summed E-state index contributed by atoms with van der Waals surface area (Å²) in [5.41, 5.74) is 7.24. The molecule has 2 unspecified atom stereocenters. The summed E-state index contributed by atoms with van der Waals surface area (Å²) in [5, 5.41) is 0.816. The Hall–Kier alpha value is -0.570. The minimum Gasteiger partial charge on any atom is -0.330 e. The zero-order valence-corrected chi connectivity index (χ0v) is 11.2. The molecule has 1 aromatic rings. The van der Waals surface area contributed by atoms with E-state index in [0.717, 1.165) is 18.1 Å². The Morgan fingerprint density at radius 1 is 1.41 bits per heavy atom. The molecule has 1 heterocycles. The van der Waals surface area contributed by atoms with Gasteiger partial charge in [-0.05, 0) is 56.6 Å². The molecule has 0 spiro atoms. The normalized spacial score (nSPS) is 26.8. The first-order valence-electron chi connectivity index (χ1n) is 6.38. The van der Waals surface area contributed by atoms with Gasteiger partial charge in [0.1, 0.15) is 0 Å². The Balaban J connectivity index is 2.30. The summed E-state index contributed by atoms with van der Waals surface area (Å²) in [6.45, 7) is 1.90. The molecule has 1 fully saturated rings. The van der Waals surface area contributed by atoms with Gasteiger partial charge >= 0.3 is 0 Å². The Bertz CT molecular complexity index is 367. The van der Waals surface area contributed by atoms with Crippen molar-refractivity contribution in [3.8, 4) is 0 Å². The molecule has 2 rings (SSSR count). The SMILES string of the molecule is CN1CCCCC(CN)C1c1cccc(Cl)c1. The fourth-order valence-corrected chi connectivity index (χ4v) is 3.09. The summed E-state index contributed by atoms with van der Waals surface area (Å²) in [6, 6.07) is 8.63. The van der Waals surface area contributed by atoms with Crippen LogP contribution in [0, 0.1) is 5.92 Å². The second-order valence-electron chi connectivity index (χ2n) is 4.97. The topological polar surface area (TPSA) is 29.3 Å². The number of nitrogens with zero attached hydrogens (tertiary/aromatic N) is 1. The maximum absolute atomic E-state index is 6.09. The third-order valence-electron chi connectivity index (χ3n) is 3.75. The van der Waals surface area contributed by atoms with Crippen LogP contribution in [-0.4, -0.2) is 25.0 Å². The Kier molecular flexibility index (Phi) is 4.43. The summed E-state index contributed by atoms with van der Waals surface area (Å²) in [6.07, 6.45) is 3.77. The predicted molar refractivity (Wildman–Crippen MR) is 73.2 cm³/mol. The van der Waals surface area contributed by atoms with Crippen LogP contribution in [0.4, 0.5) is 0 Å². The molecule has 2 nitrogen and oxygen atoms in total. The van der Waals surface area contributed by atoms with E-state index < -0.39 is 0 Å². The molecule has 1 aliphatic heterocycles. The molecular formula is C14H21ClN2. The zero-order chi connectivity index (χ0) is 12.3. The van der Waals surface area contributed by atoms with Crippen LogP contribution in [0.15, 0.2) is 24.3 Å². The Morgan fingerprint density at radius 3 is 2.94 bits per heavy atom. The third-order valence-corrected chi connectivity index (χ3v) is 3.99. The highest BCUT2D eigenvalue weighted by Gasteiger charge is 2.27. The number of likely N-dealkylation sites (tertiary alicyclic amines) is 1. The maximum atomic E-state index is 6.09. The monoisotopic (exact) mass is 252 g/mol. The fourth-order valence-electron chi connectivity index (χ4n) is 2.89. The smallest absolute Gasteiger partial charge is 0.0409 e. The molecule has 0 saturated carbocycles. The average molecular weight is 253 g/mol. The van der Waals surface area contributed by atoms with E-state index in [2.05, 4.69) is 24.1 Å². The molecule has 1 aromatic carbocycles. The van der Waals surface area contributed by atoms with E-state index in [-0.39, 0.29) is 0 Å². The number of nitrogens with two attached hydrogens (primary N) is 1. The number of halogens is 1. The molecule has 17 heavy (non-hydrogen) atoms. The van der Waals surface area contributed by atoms with Crippen molar-refractivity contribution in [2.75, 3.05) is 20.1 Å². The standard InChI is InChI=1S/C14H21ClN2/c1-17-8-3-2-5-12(10-16)14(17)11-6-4-7-13(15)9-11/h4,6-7,9,12,14H,2-3,5,8,10,16H2,1H3. The number of benzene rings is 1. The molecule has 1 aliphatic rings. The molecule has 0 aromatic heterocycles. The minimum atomic E-state index is 0.418. The lowest BCUT2D eigenvalue weighted by molar-refractivity contribution is 0.196. The predicted octanol–water partition coefficient (Wildman–Crippen LogP) is 3.07. The highest BCUT2D eigenvalue weighted by molar-refractivity contribution is 6.30. The summed E-state index contributed by atoms with van der Waals surface area (Å²) >= 11 is 6.09. The van der Waals surface area contributed by atoms with E-state index in [9.17, 15) is 0 Å². The van der Waals surface area contributed by atoms with E-state index in [1.807, 2.05) is 12.1 Å². The van der Waals surface area contributed by atoms with Crippen molar-refractivity contribution in [1.82, 2.24) is 4.90 Å². The van der Waals surface area contributed by atoms with Crippen LogP contribution in [0.1, 0.15) is 30.9 Å². The zero-order valence-electron chi connectivity index (χ0n) is 10.4. The van der Waals surface area contributed by atoms with E-state index in [1.54, 1.807) is 0 Å². The Morgan fingerprint density at radius 2 is 2.24 bits per heavy atom. The van der Waals surface area contributed by atoms with Crippen LogP contribution in [-0.2, 0) is 0 Å². The van der Waals surface area contributed by atoms with E-state index in [0.29, 0.717) is 12.0 Å². The van der Waals surface area contributed by atoms with Crippen molar-refractivity contribution in [2.45, 2.75) is 25.3 Å². The van der Waals surface area contributed by atoms with E-state index in [1.165, 1.54) is 24.8 Å². The van der Waals surface area contributed by atoms with Crippen LogP contribution < -0.4 is 5.73 Å². The van der Waals surface area contributed by atoms with E-state index in [4.69, 9.17) is 17.3 Å². The first-order valence-corrected chi connectivity index (χ1v) is 6.76. The minimum absolute atomic E-state index is 0.418. The van der Waals surface area contributed by atoms with Crippen molar-refractivity contribution in [2.24, 2.45) is 11.7 Å². The van der Waals surface area contributed by atoms with Gasteiger partial charge in [-0.1, -0.05) is 30.2 Å². The average Bonchev–Trinajstić information content (AvgIpc) is 2.50. The second-order valence-corrected chi connectivity index (χ2v) is 5.41. The summed E-state index contributed by atoms with van der Waals surface area (Å²) in [4.78, 5) is 2.43. The van der Waals surface area contributed by atoms with Crippen molar-refractivity contribution < 1.29 is 0 Å². The van der Waals surface area contributed by atoms with Gasteiger partial charge < -0.3 is 5.73 Å². The molecule has 0 radical (unpaired) electrons. The van der Waals surface area contributed by atoms with Crippen molar-refractivity contribution in [1.29, 1.82) is 0 Å². The van der Waals surface area contributed by atoms with Gasteiger partial charge in [0.05, 0.1) is 0 Å². The van der Waals surface area contributed by atoms with E-state index >= 15 is 0 Å². The van der Waals surface area contributed by atoms with Gasteiger partial charge in [-0.3, -0.25) is 4.90 Å². The van der Waals surface area contributed by atoms with Crippen LogP contribution in [0.3, 0.4) is 0 Å². The van der Waals surface area contributed by atoms with Crippen LogP contribution in [0.5, 0.6) is 0 Å². The van der Waals surface area contributed by atoms with Gasteiger partial charge in [0.2, 0.25) is 0 Å². The molecule has 0 aliphatic carbocycles. The maximum Gasteiger partial charge on any atom is 0.0409 e. The van der Waals surface area contributed by atoms with Crippen molar-refractivity contribution >= 4 is 11.6 Å². The number of rotatable bonds is 2. The fraction of sp³-hybridized carbons (Fsp3) is 0.571. The van der Waals surface area contributed by atoms with Crippen LogP contribution >= 0.6 is 11.6 Å². The Labute approximate surface area is 109 Å². The highest BCUT2D eigenvalue weighted by atomic mass is 35.5. The second kappa shape index (κ2) is 5.85. The van der Waals surface area contributed by atoms with Gasteiger partial charge in [-0.25, -0.2) is 0 Å². The summed E-state index contributed by atoms with van der Waals surface area (Å²) < 4.78 is 0. The lowest BCUT2D eigenvalue weighted by Crippen LogP contribution is -2.32. The third kappa shape index (κ3) is 3.01. The molecule has 1 saturated heterocycles. The first-order chi connectivity index (χ1) is 8.22. The molecular weight excluding hydrogens is 232 g/mol. The molecule has 2 atom stereocenters. The quantitative estimate of drug-likeness (QED) is 0.877. The lowest BCUT2D eigenvalue weighted by atomic mass is 9.89. The van der Waals surface area contributed by atoms with Gasteiger partial charge in [-0.15, -0.1) is 0 Å². The van der Waals surface area contributed by atoms with Gasteiger partial charge in [-0.2, -0.15) is 0 Å².